The number of hydrogen-bond donors (Lipinski definition) is 1. The molecule has 30 heavy (non-hydrogen) atoms. The maximum absolute atomic E-state index is 13.5. The fourth-order valence-electron chi connectivity index (χ4n) is 4.58. The van der Waals surface area contributed by atoms with Gasteiger partial charge in [-0.1, -0.05) is 6.08 Å². The Bertz CT molecular complexity index is 1070. The summed E-state index contributed by atoms with van der Waals surface area (Å²) in [6, 6.07) is 7.79. The van der Waals surface area contributed by atoms with Crippen LogP contribution < -0.4 is 10.1 Å². The van der Waals surface area contributed by atoms with Gasteiger partial charge >= 0.3 is 6.03 Å². The van der Waals surface area contributed by atoms with Gasteiger partial charge in [-0.05, 0) is 47.4 Å². The van der Waals surface area contributed by atoms with E-state index in [1.54, 1.807) is 19.4 Å². The van der Waals surface area contributed by atoms with E-state index in [0.717, 1.165) is 12.0 Å². The molecule has 0 spiro atoms. The standard InChI is InChI=1S/C22H21FN4O3/c1-30-20-8-13(4-5-24-20)18-9-17-7-14(18)11-27(17)21(28)12-26-10-15-6-16(23)2-3-19(15)25-22(26)29/h2-6,8-9,14,17H,7,10-12H2,1H3,(H,25,29)/t14-,17?/m1/s1. The van der Waals surface area contributed by atoms with Crippen molar-refractivity contribution >= 4 is 23.2 Å². The molecule has 8 heteroatoms. The van der Waals surface area contributed by atoms with Crippen LogP contribution >= 0.6 is 0 Å². The second-order valence-electron chi connectivity index (χ2n) is 7.84. The van der Waals surface area contributed by atoms with Gasteiger partial charge in [-0.3, -0.25) is 4.79 Å². The van der Waals surface area contributed by atoms with Crippen molar-refractivity contribution in [3.05, 3.63) is 59.5 Å². The molecule has 1 fully saturated rings. The first kappa shape index (κ1) is 18.6. The van der Waals surface area contributed by atoms with Crippen molar-refractivity contribution in [2.24, 2.45) is 5.92 Å². The van der Waals surface area contributed by atoms with Crippen LogP contribution in [0.5, 0.6) is 5.88 Å². The lowest BCUT2D eigenvalue weighted by Gasteiger charge is -2.32. The van der Waals surface area contributed by atoms with Crippen molar-refractivity contribution in [2.75, 3.05) is 25.5 Å². The van der Waals surface area contributed by atoms with Crippen molar-refractivity contribution in [2.45, 2.75) is 19.0 Å². The number of hydrogen-bond acceptors (Lipinski definition) is 4. The quantitative estimate of drug-likeness (QED) is 0.844. The molecule has 2 aromatic rings. The second-order valence-corrected chi connectivity index (χ2v) is 7.84. The number of benzene rings is 1. The van der Waals surface area contributed by atoms with Gasteiger partial charge in [0.2, 0.25) is 11.8 Å². The SMILES string of the molecule is COc1cc(C2=CC3C[C@@H]2CN3C(=O)CN2Cc3cc(F)ccc3NC2=O)ccn1. The van der Waals surface area contributed by atoms with E-state index in [1.165, 1.54) is 22.6 Å². The molecule has 3 heterocycles. The predicted octanol–water partition coefficient (Wildman–Crippen LogP) is 2.89. The van der Waals surface area contributed by atoms with Crippen molar-refractivity contribution in [3.8, 4) is 5.88 Å². The predicted molar refractivity (Wildman–Crippen MR) is 108 cm³/mol. The van der Waals surface area contributed by atoms with E-state index in [2.05, 4.69) is 16.4 Å². The molecule has 7 nitrogen and oxygen atoms in total. The Kier molecular flexibility index (Phi) is 4.42. The molecule has 0 radical (unpaired) electrons. The molecule has 2 aliphatic heterocycles. The molecule has 5 rings (SSSR count). The average molecular weight is 408 g/mol. The van der Waals surface area contributed by atoms with Crippen LogP contribution in [0.2, 0.25) is 0 Å². The van der Waals surface area contributed by atoms with Gasteiger partial charge in [0.25, 0.3) is 0 Å². The average Bonchev–Trinajstić information content (AvgIpc) is 3.36. The molecule has 3 aliphatic rings. The summed E-state index contributed by atoms with van der Waals surface area (Å²) in [5, 5.41) is 2.73. The highest BCUT2D eigenvalue weighted by molar-refractivity contribution is 5.95. The molecule has 1 saturated heterocycles. The minimum atomic E-state index is -0.363. The summed E-state index contributed by atoms with van der Waals surface area (Å²) in [4.78, 5) is 32.7. The molecule has 3 amide bonds. The molecule has 1 aliphatic carbocycles. The summed E-state index contributed by atoms with van der Waals surface area (Å²) in [5.41, 5.74) is 3.53. The van der Waals surface area contributed by atoms with Crippen LogP contribution in [-0.2, 0) is 11.3 Å². The van der Waals surface area contributed by atoms with Gasteiger partial charge < -0.3 is 19.9 Å². The number of methoxy groups -OCH3 is 1. The summed E-state index contributed by atoms with van der Waals surface area (Å²) in [5.74, 6) is 0.367. The number of likely N-dealkylation sites (tertiary alicyclic amines) is 1. The number of pyridine rings is 1. The van der Waals surface area contributed by atoms with Gasteiger partial charge in [-0.2, -0.15) is 0 Å². The number of rotatable bonds is 4. The maximum atomic E-state index is 13.5. The maximum Gasteiger partial charge on any atom is 0.322 e. The van der Waals surface area contributed by atoms with E-state index in [9.17, 15) is 14.0 Å². The van der Waals surface area contributed by atoms with E-state index in [4.69, 9.17) is 4.74 Å². The van der Waals surface area contributed by atoms with Gasteiger partial charge in [0.1, 0.15) is 12.4 Å². The smallest absolute Gasteiger partial charge is 0.322 e. The van der Waals surface area contributed by atoms with Crippen molar-refractivity contribution in [3.63, 3.8) is 0 Å². The monoisotopic (exact) mass is 408 g/mol. The van der Waals surface area contributed by atoms with Gasteiger partial charge in [-0.25, -0.2) is 14.2 Å². The van der Waals surface area contributed by atoms with Gasteiger partial charge in [0.05, 0.1) is 19.7 Å². The summed E-state index contributed by atoms with van der Waals surface area (Å²) in [6.07, 6.45) is 4.73. The zero-order chi connectivity index (χ0) is 20.8. The number of amides is 3. The Morgan fingerprint density at radius 3 is 2.97 bits per heavy atom. The largest absolute Gasteiger partial charge is 0.481 e. The zero-order valence-electron chi connectivity index (χ0n) is 16.5. The van der Waals surface area contributed by atoms with E-state index >= 15 is 0 Å². The fourth-order valence-corrected chi connectivity index (χ4v) is 4.58. The highest BCUT2D eigenvalue weighted by Crippen LogP contribution is 2.42. The van der Waals surface area contributed by atoms with Crippen LogP contribution in [0.1, 0.15) is 17.5 Å². The number of urea groups is 1. The van der Waals surface area contributed by atoms with Crippen LogP contribution in [0, 0.1) is 11.7 Å². The number of anilines is 1. The molecular formula is C22H21FN4O3. The number of ether oxygens (including phenoxy) is 1. The summed E-state index contributed by atoms with van der Waals surface area (Å²) < 4.78 is 18.7. The first-order valence-electron chi connectivity index (χ1n) is 9.88. The first-order chi connectivity index (χ1) is 14.5. The molecule has 1 N–H and O–H groups in total. The molecule has 2 atom stereocenters. The third-order valence-electron chi connectivity index (χ3n) is 6.04. The molecule has 154 valence electrons. The van der Waals surface area contributed by atoms with Crippen LogP contribution in [0.15, 0.2) is 42.6 Å². The second kappa shape index (κ2) is 7.12. The van der Waals surface area contributed by atoms with Gasteiger partial charge in [0.15, 0.2) is 0 Å². The highest BCUT2D eigenvalue weighted by Gasteiger charge is 2.42. The summed E-state index contributed by atoms with van der Waals surface area (Å²) in [7, 11) is 1.59. The Balaban J connectivity index is 1.28. The normalized spacial score (nSPS) is 21.9. The summed E-state index contributed by atoms with van der Waals surface area (Å²) >= 11 is 0. The third kappa shape index (κ3) is 3.18. The number of nitrogens with zero attached hydrogens (tertiary/aromatic N) is 3. The lowest BCUT2D eigenvalue weighted by molar-refractivity contribution is -0.132. The molecular weight excluding hydrogens is 387 g/mol. The third-order valence-corrected chi connectivity index (χ3v) is 6.04. The molecule has 1 aromatic carbocycles. The van der Waals surface area contributed by atoms with Crippen molar-refractivity contribution in [1.29, 1.82) is 0 Å². The Hall–Kier alpha value is -3.42. The van der Waals surface area contributed by atoms with E-state index < -0.39 is 0 Å². The van der Waals surface area contributed by atoms with Gasteiger partial charge in [-0.15, -0.1) is 0 Å². The molecule has 0 saturated carbocycles. The number of carbonyl (C=O) groups is 2. The number of halogens is 1. The Labute approximate surface area is 173 Å². The highest BCUT2D eigenvalue weighted by atomic mass is 19.1. The summed E-state index contributed by atoms with van der Waals surface area (Å²) in [6.45, 7) is 0.808. The van der Waals surface area contributed by atoms with E-state index in [0.29, 0.717) is 23.7 Å². The molecule has 1 aromatic heterocycles. The number of fused-ring (bicyclic) bond motifs is 3. The topological polar surface area (TPSA) is 74.8 Å². The number of carbonyl (C=O) groups excluding carboxylic acids is 2. The van der Waals surface area contributed by atoms with E-state index in [1.807, 2.05) is 17.0 Å². The lowest BCUT2D eigenvalue weighted by Crippen LogP contribution is -2.47. The van der Waals surface area contributed by atoms with Crippen LogP contribution in [0.25, 0.3) is 5.57 Å². The van der Waals surface area contributed by atoms with Crippen LogP contribution in [0.3, 0.4) is 0 Å². The van der Waals surface area contributed by atoms with Crippen LogP contribution in [-0.4, -0.2) is 53.0 Å². The Morgan fingerprint density at radius 1 is 1.33 bits per heavy atom. The minimum Gasteiger partial charge on any atom is -0.481 e. The van der Waals surface area contributed by atoms with Crippen molar-refractivity contribution in [1.82, 2.24) is 14.8 Å². The van der Waals surface area contributed by atoms with Gasteiger partial charge in [0, 0.05) is 30.4 Å². The first-order valence-corrected chi connectivity index (χ1v) is 9.88. The number of nitrogens with one attached hydrogen (secondary N) is 1. The zero-order valence-corrected chi connectivity index (χ0v) is 16.5. The van der Waals surface area contributed by atoms with E-state index in [-0.39, 0.29) is 42.8 Å². The Morgan fingerprint density at radius 2 is 2.20 bits per heavy atom. The minimum absolute atomic E-state index is 0.0224. The fraction of sp³-hybridized carbons (Fsp3) is 0.318. The lowest BCUT2D eigenvalue weighted by atomic mass is 9.96. The van der Waals surface area contributed by atoms with Crippen LogP contribution in [0.4, 0.5) is 14.9 Å². The molecule has 1 unspecified atom stereocenters. The van der Waals surface area contributed by atoms with Crippen molar-refractivity contribution < 1.29 is 18.7 Å². The molecule has 2 bridgehead atoms. The number of aromatic nitrogens is 1.